The fraction of sp³-hybridized carbons (Fsp3) is 0.778. The van der Waals surface area contributed by atoms with E-state index in [1.165, 1.54) is 0 Å². The molecule has 1 heterocycles. The smallest absolute Gasteiger partial charge is 0.300 e. The van der Waals surface area contributed by atoms with Gasteiger partial charge >= 0.3 is 9.05 Å². The Hall–Kier alpha value is -0.240. The number of rotatable bonds is 1. The van der Waals surface area contributed by atoms with Crippen LogP contribution in [-0.2, 0) is 9.05 Å². The molecule has 0 amide bonds. The van der Waals surface area contributed by atoms with E-state index >= 15 is 0 Å². The third kappa shape index (κ3) is 4.85. The monoisotopic (exact) mass is 235 g/mol. The fourth-order valence-electron chi connectivity index (χ4n) is 1.71. The SMILES string of the molecule is CN1CCCC(CC#CS(=O)(=O)Cl)C1. The zero-order chi connectivity index (χ0) is 10.6. The summed E-state index contributed by atoms with van der Waals surface area (Å²) in [6, 6.07) is 0. The van der Waals surface area contributed by atoms with Gasteiger partial charge in [-0.2, -0.15) is 8.42 Å². The summed E-state index contributed by atoms with van der Waals surface area (Å²) < 4.78 is 21.0. The molecule has 0 saturated carbocycles. The predicted molar refractivity (Wildman–Crippen MR) is 57.4 cm³/mol. The maximum atomic E-state index is 10.5. The number of hydrogen-bond acceptors (Lipinski definition) is 3. The Morgan fingerprint density at radius 1 is 1.57 bits per heavy atom. The highest BCUT2D eigenvalue weighted by Gasteiger charge is 2.15. The maximum Gasteiger partial charge on any atom is 0.300 e. The van der Waals surface area contributed by atoms with Crippen LogP contribution in [0.3, 0.4) is 0 Å². The lowest BCUT2D eigenvalue weighted by atomic mass is 9.96. The molecule has 1 aliphatic rings. The minimum Gasteiger partial charge on any atom is -0.306 e. The van der Waals surface area contributed by atoms with Gasteiger partial charge in [0.2, 0.25) is 0 Å². The van der Waals surface area contributed by atoms with E-state index in [1.807, 2.05) is 0 Å². The van der Waals surface area contributed by atoms with Gasteiger partial charge in [0, 0.05) is 28.9 Å². The molecule has 1 saturated heterocycles. The van der Waals surface area contributed by atoms with Crippen molar-refractivity contribution in [2.24, 2.45) is 5.92 Å². The van der Waals surface area contributed by atoms with Crippen molar-refractivity contribution in [1.29, 1.82) is 0 Å². The first-order valence-corrected chi connectivity index (χ1v) is 6.91. The highest BCUT2D eigenvalue weighted by atomic mass is 35.7. The van der Waals surface area contributed by atoms with Gasteiger partial charge in [-0.05, 0) is 32.4 Å². The minimum absolute atomic E-state index is 0.486. The summed E-state index contributed by atoms with van der Waals surface area (Å²) in [6.45, 7) is 2.12. The molecule has 0 aromatic carbocycles. The third-order valence-electron chi connectivity index (χ3n) is 2.31. The number of piperidine rings is 1. The van der Waals surface area contributed by atoms with Gasteiger partial charge in [0.1, 0.15) is 0 Å². The average Bonchev–Trinajstić information content (AvgIpc) is 2.01. The van der Waals surface area contributed by atoms with Gasteiger partial charge in [-0.1, -0.05) is 5.92 Å². The minimum atomic E-state index is -3.64. The fourth-order valence-corrected chi connectivity index (χ4v) is 2.13. The van der Waals surface area contributed by atoms with Crippen molar-refractivity contribution >= 4 is 19.7 Å². The summed E-state index contributed by atoms with van der Waals surface area (Å²) in [5, 5.41) is 2.05. The topological polar surface area (TPSA) is 37.4 Å². The van der Waals surface area contributed by atoms with Crippen LogP contribution in [0.5, 0.6) is 0 Å². The van der Waals surface area contributed by atoms with Crippen LogP contribution in [0.1, 0.15) is 19.3 Å². The van der Waals surface area contributed by atoms with Crippen molar-refractivity contribution in [3.8, 4) is 11.2 Å². The predicted octanol–water partition coefficient (Wildman–Crippen LogP) is 1.25. The number of nitrogens with zero attached hydrogens (tertiary/aromatic N) is 1. The van der Waals surface area contributed by atoms with E-state index in [4.69, 9.17) is 10.7 Å². The molecule has 1 rings (SSSR count). The first-order valence-electron chi connectivity index (χ1n) is 4.60. The van der Waals surface area contributed by atoms with Crippen molar-refractivity contribution in [1.82, 2.24) is 4.90 Å². The van der Waals surface area contributed by atoms with Crippen LogP contribution >= 0.6 is 10.7 Å². The Morgan fingerprint density at radius 2 is 2.29 bits per heavy atom. The molecular weight excluding hydrogens is 222 g/mol. The average molecular weight is 236 g/mol. The number of halogens is 1. The van der Waals surface area contributed by atoms with Crippen LogP contribution < -0.4 is 0 Å². The van der Waals surface area contributed by atoms with Gasteiger partial charge in [-0.3, -0.25) is 0 Å². The molecule has 3 nitrogen and oxygen atoms in total. The molecule has 14 heavy (non-hydrogen) atoms. The van der Waals surface area contributed by atoms with Gasteiger partial charge in [0.05, 0.1) is 0 Å². The van der Waals surface area contributed by atoms with E-state index in [9.17, 15) is 8.42 Å². The van der Waals surface area contributed by atoms with Crippen molar-refractivity contribution in [2.75, 3.05) is 20.1 Å². The molecule has 0 aromatic heterocycles. The lowest BCUT2D eigenvalue weighted by Gasteiger charge is -2.28. The van der Waals surface area contributed by atoms with Crippen LogP contribution in [0.25, 0.3) is 0 Å². The second-order valence-electron chi connectivity index (χ2n) is 3.69. The summed E-state index contributed by atoms with van der Waals surface area (Å²) in [5.74, 6) is 3.10. The van der Waals surface area contributed by atoms with E-state index in [1.54, 1.807) is 0 Å². The van der Waals surface area contributed by atoms with Crippen molar-refractivity contribution in [3.63, 3.8) is 0 Å². The summed E-state index contributed by atoms with van der Waals surface area (Å²) in [6.07, 6.45) is 2.91. The molecule has 1 fully saturated rings. The first-order chi connectivity index (χ1) is 6.47. The van der Waals surface area contributed by atoms with Crippen LogP contribution in [0.4, 0.5) is 0 Å². The molecule has 0 radical (unpaired) electrons. The van der Waals surface area contributed by atoms with Gasteiger partial charge in [0.25, 0.3) is 0 Å². The van der Waals surface area contributed by atoms with Gasteiger partial charge < -0.3 is 4.90 Å². The Kier molecular flexibility index (Phi) is 4.24. The lowest BCUT2D eigenvalue weighted by Crippen LogP contribution is -2.31. The van der Waals surface area contributed by atoms with E-state index in [-0.39, 0.29) is 0 Å². The maximum absolute atomic E-state index is 10.5. The molecule has 0 bridgehead atoms. The molecule has 0 aromatic rings. The molecule has 5 heteroatoms. The van der Waals surface area contributed by atoms with Crippen molar-refractivity contribution in [2.45, 2.75) is 19.3 Å². The van der Waals surface area contributed by atoms with Crippen molar-refractivity contribution in [3.05, 3.63) is 0 Å². The molecule has 1 atom stereocenters. The Bertz CT molecular complexity index is 342. The Balaban J connectivity index is 2.40. The summed E-state index contributed by atoms with van der Waals surface area (Å²) >= 11 is 0. The van der Waals surface area contributed by atoms with Gasteiger partial charge in [-0.15, -0.1) is 0 Å². The normalized spacial score (nSPS) is 24.0. The Labute approximate surface area is 89.8 Å². The quantitative estimate of drug-likeness (QED) is 0.507. The molecule has 0 N–H and O–H groups in total. The largest absolute Gasteiger partial charge is 0.306 e. The van der Waals surface area contributed by atoms with Crippen molar-refractivity contribution < 1.29 is 8.42 Å². The van der Waals surface area contributed by atoms with E-state index in [0.29, 0.717) is 12.3 Å². The Morgan fingerprint density at radius 3 is 2.86 bits per heavy atom. The number of hydrogen-bond donors (Lipinski definition) is 0. The van der Waals surface area contributed by atoms with Crippen LogP contribution in [0.2, 0.25) is 0 Å². The standard InChI is InChI=1S/C9H14ClNO2S/c1-11-6-2-4-9(8-11)5-3-7-14(10,12)13/h9H,2,4-6,8H2,1H3. The third-order valence-corrected chi connectivity index (χ3v) is 2.93. The van der Waals surface area contributed by atoms with E-state index in [2.05, 4.69) is 23.1 Å². The summed E-state index contributed by atoms with van der Waals surface area (Å²) in [5.41, 5.74) is 0. The van der Waals surface area contributed by atoms with E-state index in [0.717, 1.165) is 25.9 Å². The zero-order valence-corrected chi connectivity index (χ0v) is 9.74. The second kappa shape index (κ2) is 5.01. The van der Waals surface area contributed by atoms with Crippen LogP contribution in [0.15, 0.2) is 0 Å². The molecule has 0 spiro atoms. The molecular formula is C9H14ClNO2S. The van der Waals surface area contributed by atoms with Crippen LogP contribution in [-0.4, -0.2) is 33.5 Å². The lowest BCUT2D eigenvalue weighted by molar-refractivity contribution is 0.213. The summed E-state index contributed by atoms with van der Waals surface area (Å²) in [7, 11) is 3.39. The number of likely N-dealkylation sites (tertiary alicyclic amines) is 1. The van der Waals surface area contributed by atoms with Gasteiger partial charge in [-0.25, -0.2) is 0 Å². The van der Waals surface area contributed by atoms with E-state index < -0.39 is 9.05 Å². The second-order valence-corrected chi connectivity index (χ2v) is 5.99. The molecule has 0 aliphatic carbocycles. The van der Waals surface area contributed by atoms with Crippen LogP contribution in [0, 0.1) is 17.1 Å². The molecule has 1 aliphatic heterocycles. The molecule has 80 valence electrons. The van der Waals surface area contributed by atoms with Gasteiger partial charge in [0.15, 0.2) is 0 Å². The highest BCUT2D eigenvalue weighted by molar-refractivity contribution is 8.17. The molecule has 1 unspecified atom stereocenters. The summed E-state index contributed by atoms with van der Waals surface area (Å²) in [4.78, 5) is 2.24. The zero-order valence-electron chi connectivity index (χ0n) is 8.16. The highest BCUT2D eigenvalue weighted by Crippen LogP contribution is 2.17. The first kappa shape index (κ1) is 11.8.